The molecule has 0 spiro atoms. The average molecular weight is 357 g/mol. The number of amides is 1. The van der Waals surface area contributed by atoms with Crippen LogP contribution in [0.5, 0.6) is 0 Å². The lowest BCUT2D eigenvalue weighted by Gasteiger charge is -2.31. The number of esters is 1. The Balaban J connectivity index is 1.94. The normalized spacial score (nSPS) is 15.3. The topological polar surface area (TPSA) is 69.0 Å². The van der Waals surface area contributed by atoms with Crippen molar-refractivity contribution in [3.05, 3.63) is 41.7 Å². The average Bonchev–Trinajstić information content (AvgIpc) is 3.03. The third-order valence-corrected chi connectivity index (χ3v) is 4.15. The van der Waals surface area contributed by atoms with Crippen LogP contribution < -0.4 is 0 Å². The second-order valence-electron chi connectivity index (χ2n) is 7.25. The molecule has 26 heavy (non-hydrogen) atoms. The van der Waals surface area contributed by atoms with E-state index in [2.05, 4.69) is 0 Å². The van der Waals surface area contributed by atoms with Gasteiger partial charge in [-0.05, 0) is 39.3 Å². The van der Waals surface area contributed by atoms with Crippen molar-refractivity contribution in [3.8, 4) is 0 Å². The first-order chi connectivity index (χ1) is 12.3. The molecule has 0 saturated carbocycles. The lowest BCUT2D eigenvalue weighted by Crippen LogP contribution is -2.41. The van der Waals surface area contributed by atoms with Crippen LogP contribution in [0.15, 0.2) is 40.3 Å². The van der Waals surface area contributed by atoms with E-state index < -0.39 is 17.7 Å². The van der Waals surface area contributed by atoms with E-state index in [9.17, 15) is 9.59 Å². The van der Waals surface area contributed by atoms with Crippen molar-refractivity contribution in [2.75, 3.05) is 20.2 Å². The van der Waals surface area contributed by atoms with E-state index in [-0.39, 0.29) is 6.54 Å². The highest BCUT2D eigenvalue weighted by Gasteiger charge is 2.31. The Kier molecular flexibility index (Phi) is 4.76. The molecule has 3 rings (SSSR count). The number of nitrogens with zero attached hydrogens (tertiary/aromatic N) is 1. The van der Waals surface area contributed by atoms with Gasteiger partial charge in [0.15, 0.2) is 0 Å². The number of fused-ring (bicyclic) bond motifs is 1. The summed E-state index contributed by atoms with van der Waals surface area (Å²) in [6, 6.07) is 9.58. The molecule has 0 aliphatic carbocycles. The van der Waals surface area contributed by atoms with Gasteiger partial charge in [-0.15, -0.1) is 0 Å². The number of carbonyl (C=O) groups is 2. The van der Waals surface area contributed by atoms with Gasteiger partial charge >= 0.3 is 12.1 Å². The number of hydrogen-bond acceptors (Lipinski definition) is 5. The quantitative estimate of drug-likeness (QED) is 0.760. The Morgan fingerprint density at radius 2 is 1.92 bits per heavy atom. The molecule has 2 heterocycles. The molecule has 1 aliphatic rings. The minimum atomic E-state index is -0.592. The van der Waals surface area contributed by atoms with Gasteiger partial charge in [-0.1, -0.05) is 18.2 Å². The zero-order chi connectivity index (χ0) is 18.9. The van der Waals surface area contributed by atoms with Gasteiger partial charge < -0.3 is 18.8 Å². The number of para-hydroxylation sites is 1. The Labute approximate surface area is 152 Å². The molecule has 0 N–H and O–H groups in total. The smallest absolute Gasteiger partial charge is 0.410 e. The van der Waals surface area contributed by atoms with Crippen LogP contribution in [0.2, 0.25) is 0 Å². The third-order valence-electron chi connectivity index (χ3n) is 4.15. The summed E-state index contributed by atoms with van der Waals surface area (Å²) in [4.78, 5) is 26.2. The van der Waals surface area contributed by atoms with Gasteiger partial charge in [-0.3, -0.25) is 0 Å². The molecule has 0 fully saturated rings. The molecular formula is C20H23NO5. The number of rotatable bonds is 2. The second-order valence-corrected chi connectivity index (χ2v) is 7.25. The fourth-order valence-electron chi connectivity index (χ4n) is 2.96. The third kappa shape index (κ3) is 3.74. The van der Waals surface area contributed by atoms with Crippen LogP contribution in [0.1, 0.15) is 33.0 Å². The van der Waals surface area contributed by atoms with E-state index in [4.69, 9.17) is 13.9 Å². The first-order valence-corrected chi connectivity index (χ1v) is 8.55. The Hall–Kier alpha value is -2.76. The lowest BCUT2D eigenvalue weighted by molar-refractivity contribution is -0.136. The van der Waals surface area contributed by atoms with E-state index in [1.165, 1.54) is 12.0 Å². The molecule has 0 atom stereocenters. The van der Waals surface area contributed by atoms with Crippen LogP contribution in [0.4, 0.5) is 4.79 Å². The van der Waals surface area contributed by atoms with Gasteiger partial charge in [0, 0.05) is 17.5 Å². The van der Waals surface area contributed by atoms with Crippen LogP contribution >= 0.6 is 0 Å². The molecule has 138 valence electrons. The van der Waals surface area contributed by atoms with E-state index in [0.717, 1.165) is 16.5 Å². The predicted molar refractivity (Wildman–Crippen MR) is 97.6 cm³/mol. The number of carbonyl (C=O) groups excluding carboxylic acids is 2. The summed E-state index contributed by atoms with van der Waals surface area (Å²) in [6.07, 6.45) is 0.0475. The van der Waals surface area contributed by atoms with Gasteiger partial charge in [0.05, 0.1) is 19.2 Å². The Morgan fingerprint density at radius 3 is 2.58 bits per heavy atom. The maximum Gasteiger partial charge on any atom is 0.410 e. The lowest BCUT2D eigenvalue weighted by atomic mass is 9.98. The molecular weight excluding hydrogens is 334 g/mol. The van der Waals surface area contributed by atoms with Crippen LogP contribution in [-0.2, 0) is 14.3 Å². The maximum absolute atomic E-state index is 12.4. The molecule has 0 saturated heterocycles. The molecule has 1 aromatic carbocycles. The number of ether oxygens (including phenoxy) is 2. The molecule has 1 aliphatic heterocycles. The van der Waals surface area contributed by atoms with Crippen molar-refractivity contribution in [2.45, 2.75) is 32.8 Å². The van der Waals surface area contributed by atoms with Crippen LogP contribution in [0, 0.1) is 0 Å². The largest absolute Gasteiger partial charge is 0.466 e. The monoisotopic (exact) mass is 357 g/mol. The van der Waals surface area contributed by atoms with E-state index in [1.54, 1.807) is 0 Å². The van der Waals surface area contributed by atoms with Gasteiger partial charge in [0.25, 0.3) is 0 Å². The molecule has 0 radical (unpaired) electrons. The highest BCUT2D eigenvalue weighted by atomic mass is 16.6. The summed E-state index contributed by atoms with van der Waals surface area (Å²) in [5.74, 6) is 0.171. The fraction of sp³-hybridized carbons (Fsp3) is 0.400. The molecule has 6 nitrogen and oxygen atoms in total. The summed E-state index contributed by atoms with van der Waals surface area (Å²) in [5.41, 5.74) is 1.36. The van der Waals surface area contributed by atoms with E-state index >= 15 is 0 Å². The van der Waals surface area contributed by atoms with Crippen molar-refractivity contribution in [1.82, 2.24) is 4.90 Å². The summed E-state index contributed by atoms with van der Waals surface area (Å²) in [5, 5.41) is 0.966. The summed E-state index contributed by atoms with van der Waals surface area (Å²) in [6.45, 7) is 6.01. The van der Waals surface area contributed by atoms with Gasteiger partial charge in [-0.25, -0.2) is 9.59 Å². The standard InChI is InChI=1S/C20H23NO5/c1-20(2,3)26-19(23)21-10-9-14(15(12-21)18(22)24-4)17-11-13-7-5-6-8-16(13)25-17/h5-8,11H,9-10,12H2,1-4H3. The maximum atomic E-state index is 12.4. The number of benzene rings is 1. The van der Waals surface area contributed by atoms with E-state index in [0.29, 0.717) is 24.3 Å². The van der Waals surface area contributed by atoms with Crippen molar-refractivity contribution < 1.29 is 23.5 Å². The first kappa shape index (κ1) is 18.0. The molecule has 0 bridgehead atoms. The summed E-state index contributed by atoms with van der Waals surface area (Å²) < 4.78 is 16.3. The minimum Gasteiger partial charge on any atom is -0.466 e. The molecule has 0 unspecified atom stereocenters. The zero-order valence-corrected chi connectivity index (χ0v) is 15.5. The van der Waals surface area contributed by atoms with E-state index in [1.807, 2.05) is 51.1 Å². The number of hydrogen-bond donors (Lipinski definition) is 0. The zero-order valence-electron chi connectivity index (χ0n) is 15.5. The number of furan rings is 1. The van der Waals surface area contributed by atoms with Crippen LogP contribution in [0.25, 0.3) is 16.5 Å². The van der Waals surface area contributed by atoms with Gasteiger partial charge in [0.2, 0.25) is 0 Å². The van der Waals surface area contributed by atoms with Crippen molar-refractivity contribution in [1.29, 1.82) is 0 Å². The molecule has 1 aromatic heterocycles. The first-order valence-electron chi connectivity index (χ1n) is 8.55. The highest BCUT2D eigenvalue weighted by Crippen LogP contribution is 2.32. The minimum absolute atomic E-state index is 0.133. The van der Waals surface area contributed by atoms with Crippen molar-refractivity contribution in [2.24, 2.45) is 0 Å². The molecule has 2 aromatic rings. The van der Waals surface area contributed by atoms with Crippen LogP contribution in [0.3, 0.4) is 0 Å². The van der Waals surface area contributed by atoms with Gasteiger partial charge in [0.1, 0.15) is 16.9 Å². The highest BCUT2D eigenvalue weighted by molar-refractivity contribution is 5.99. The van der Waals surface area contributed by atoms with Crippen molar-refractivity contribution >= 4 is 28.6 Å². The number of methoxy groups -OCH3 is 1. The molecule has 6 heteroatoms. The second kappa shape index (κ2) is 6.86. The predicted octanol–water partition coefficient (Wildman–Crippen LogP) is 4.00. The fourth-order valence-corrected chi connectivity index (χ4v) is 2.96. The van der Waals surface area contributed by atoms with Crippen LogP contribution in [-0.4, -0.2) is 42.8 Å². The summed E-state index contributed by atoms with van der Waals surface area (Å²) >= 11 is 0. The molecule has 1 amide bonds. The SMILES string of the molecule is COC(=O)C1=C(c2cc3ccccc3o2)CCN(C(=O)OC(C)(C)C)C1. The van der Waals surface area contributed by atoms with Crippen molar-refractivity contribution in [3.63, 3.8) is 0 Å². The Morgan fingerprint density at radius 1 is 1.19 bits per heavy atom. The Bertz CT molecular complexity index is 839. The van der Waals surface area contributed by atoms with Gasteiger partial charge in [-0.2, -0.15) is 0 Å². The summed E-state index contributed by atoms with van der Waals surface area (Å²) in [7, 11) is 1.33.